The Kier molecular flexibility index (Phi) is 5.79. The van der Waals surface area contributed by atoms with Gasteiger partial charge in [0.15, 0.2) is 0 Å². The van der Waals surface area contributed by atoms with E-state index in [9.17, 15) is 14.0 Å². The van der Waals surface area contributed by atoms with Crippen molar-refractivity contribution in [1.82, 2.24) is 9.80 Å². The molecule has 2 aliphatic rings. The van der Waals surface area contributed by atoms with Crippen LogP contribution in [0.4, 0.5) is 14.9 Å². The summed E-state index contributed by atoms with van der Waals surface area (Å²) in [6.45, 7) is 2.84. The second-order valence-electron chi connectivity index (χ2n) is 7.84. The van der Waals surface area contributed by atoms with Gasteiger partial charge in [-0.25, -0.2) is 9.18 Å². The Morgan fingerprint density at radius 3 is 2.38 bits per heavy atom. The number of carbonyl (C=O) groups is 2. The molecule has 2 fully saturated rings. The summed E-state index contributed by atoms with van der Waals surface area (Å²) in [5.41, 5.74) is 2.51. The molecule has 0 radical (unpaired) electrons. The minimum Gasteiger partial charge on any atom is -0.326 e. The highest BCUT2D eigenvalue weighted by Gasteiger charge is 2.31. The highest BCUT2D eigenvalue weighted by Crippen LogP contribution is 2.25. The Balaban J connectivity index is 1.40. The number of piperidine rings is 1. The smallest absolute Gasteiger partial charge is 0.320 e. The number of anilines is 1. The molecule has 0 unspecified atom stereocenters. The fourth-order valence-electron chi connectivity index (χ4n) is 4.14. The number of urea groups is 1. The number of benzene rings is 2. The van der Waals surface area contributed by atoms with Gasteiger partial charge >= 0.3 is 6.03 Å². The van der Waals surface area contributed by atoms with E-state index in [0.29, 0.717) is 12.2 Å². The number of nitrogens with one attached hydrogen (secondary N) is 1. The first kappa shape index (κ1) is 19.4. The van der Waals surface area contributed by atoms with Gasteiger partial charge in [-0.3, -0.25) is 4.79 Å². The summed E-state index contributed by atoms with van der Waals surface area (Å²) in [7, 11) is 0. The molecule has 4 rings (SSSR count). The number of halogens is 1. The average Bonchev–Trinajstić information content (AvgIpc) is 3.29. The summed E-state index contributed by atoms with van der Waals surface area (Å²) in [5.74, 6) is -0.534. The van der Waals surface area contributed by atoms with Crippen LogP contribution in [0.3, 0.4) is 0 Å². The number of likely N-dealkylation sites (tertiary alicyclic amines) is 2. The van der Waals surface area contributed by atoms with Gasteiger partial charge in [-0.2, -0.15) is 0 Å². The molecule has 2 saturated heterocycles. The van der Waals surface area contributed by atoms with Crippen LogP contribution in [0.5, 0.6) is 0 Å². The molecule has 6 heteroatoms. The number of amides is 3. The first-order valence-corrected chi connectivity index (χ1v) is 10.3. The Labute approximate surface area is 170 Å². The van der Waals surface area contributed by atoms with Crippen molar-refractivity contribution < 1.29 is 14.0 Å². The van der Waals surface area contributed by atoms with Crippen molar-refractivity contribution in [2.45, 2.75) is 25.7 Å². The topological polar surface area (TPSA) is 52.7 Å². The lowest BCUT2D eigenvalue weighted by atomic mass is 9.97. The molecule has 2 aromatic carbocycles. The SMILES string of the molecule is O=C(Nc1cccc(-c2ccc(F)cc2)c1)[C@H]1CCCN(C(=O)N2CCCC2)C1. The van der Waals surface area contributed by atoms with E-state index in [1.54, 1.807) is 12.1 Å². The molecular formula is C23H26FN3O2. The van der Waals surface area contributed by atoms with Gasteiger partial charge in [0.1, 0.15) is 5.82 Å². The van der Waals surface area contributed by atoms with Crippen LogP contribution in [0.25, 0.3) is 11.1 Å². The molecule has 0 spiro atoms. The summed E-state index contributed by atoms with van der Waals surface area (Å²) in [5, 5.41) is 3.00. The van der Waals surface area contributed by atoms with E-state index >= 15 is 0 Å². The molecule has 0 saturated carbocycles. The van der Waals surface area contributed by atoms with Crippen molar-refractivity contribution in [3.63, 3.8) is 0 Å². The number of carbonyl (C=O) groups excluding carboxylic acids is 2. The lowest BCUT2D eigenvalue weighted by molar-refractivity contribution is -0.121. The minimum absolute atomic E-state index is 0.0554. The highest BCUT2D eigenvalue weighted by atomic mass is 19.1. The number of hydrogen-bond acceptors (Lipinski definition) is 2. The molecule has 0 aromatic heterocycles. The second kappa shape index (κ2) is 8.64. The van der Waals surface area contributed by atoms with E-state index in [-0.39, 0.29) is 23.7 Å². The van der Waals surface area contributed by atoms with Gasteiger partial charge in [0, 0.05) is 31.9 Å². The van der Waals surface area contributed by atoms with Gasteiger partial charge in [0.05, 0.1) is 5.92 Å². The maximum absolute atomic E-state index is 13.2. The third-order valence-electron chi connectivity index (χ3n) is 5.75. The standard InChI is InChI=1S/C23H26FN3O2/c24-20-10-8-17(9-11-20)18-5-3-7-21(15-18)25-22(28)19-6-4-14-27(16-19)23(29)26-12-1-2-13-26/h3,5,7-11,15,19H,1-2,4,6,12-14,16H2,(H,25,28)/t19-/m0/s1. The molecular weight excluding hydrogens is 369 g/mol. The van der Waals surface area contributed by atoms with Crippen LogP contribution < -0.4 is 5.32 Å². The molecule has 1 atom stereocenters. The summed E-state index contributed by atoms with van der Waals surface area (Å²) in [6.07, 6.45) is 3.75. The fraction of sp³-hybridized carbons (Fsp3) is 0.391. The van der Waals surface area contributed by atoms with E-state index in [1.807, 2.05) is 34.1 Å². The second-order valence-corrected chi connectivity index (χ2v) is 7.84. The van der Waals surface area contributed by atoms with Crippen LogP contribution in [0, 0.1) is 11.7 Å². The lowest BCUT2D eigenvalue weighted by Gasteiger charge is -2.34. The van der Waals surface area contributed by atoms with Crippen molar-refractivity contribution in [1.29, 1.82) is 0 Å². The Morgan fingerprint density at radius 1 is 0.897 bits per heavy atom. The molecule has 1 N–H and O–H groups in total. The molecule has 29 heavy (non-hydrogen) atoms. The summed E-state index contributed by atoms with van der Waals surface area (Å²) < 4.78 is 13.2. The maximum atomic E-state index is 13.2. The lowest BCUT2D eigenvalue weighted by Crippen LogP contribution is -2.48. The Bertz CT molecular complexity index is 878. The van der Waals surface area contributed by atoms with Crippen molar-refractivity contribution >= 4 is 17.6 Å². The van der Waals surface area contributed by atoms with Crippen LogP contribution in [0.1, 0.15) is 25.7 Å². The zero-order chi connectivity index (χ0) is 20.2. The van der Waals surface area contributed by atoms with Gasteiger partial charge in [-0.1, -0.05) is 24.3 Å². The predicted molar refractivity (Wildman–Crippen MR) is 111 cm³/mol. The summed E-state index contributed by atoms with van der Waals surface area (Å²) in [4.78, 5) is 29.2. The van der Waals surface area contributed by atoms with E-state index in [0.717, 1.165) is 56.4 Å². The van der Waals surface area contributed by atoms with Crippen LogP contribution in [-0.4, -0.2) is 47.9 Å². The van der Waals surface area contributed by atoms with Crippen LogP contribution >= 0.6 is 0 Å². The van der Waals surface area contributed by atoms with E-state index in [4.69, 9.17) is 0 Å². The number of hydrogen-bond donors (Lipinski definition) is 1. The normalized spacial score (nSPS) is 19.3. The molecule has 2 aliphatic heterocycles. The minimum atomic E-state index is -0.275. The fourth-order valence-corrected chi connectivity index (χ4v) is 4.14. The van der Waals surface area contributed by atoms with Crippen molar-refractivity contribution in [3.8, 4) is 11.1 Å². The number of rotatable bonds is 3. The molecule has 3 amide bonds. The Hall–Kier alpha value is -2.89. The maximum Gasteiger partial charge on any atom is 0.320 e. The predicted octanol–water partition coefficient (Wildman–Crippen LogP) is 4.36. The first-order valence-electron chi connectivity index (χ1n) is 10.3. The third kappa shape index (κ3) is 4.58. The van der Waals surface area contributed by atoms with Crippen LogP contribution in [0.2, 0.25) is 0 Å². The average molecular weight is 395 g/mol. The number of nitrogens with zero attached hydrogens (tertiary/aromatic N) is 2. The van der Waals surface area contributed by atoms with Gasteiger partial charge in [0.2, 0.25) is 5.91 Å². The zero-order valence-corrected chi connectivity index (χ0v) is 16.4. The summed E-state index contributed by atoms with van der Waals surface area (Å²) in [6, 6.07) is 13.9. The third-order valence-corrected chi connectivity index (χ3v) is 5.75. The van der Waals surface area contributed by atoms with Crippen LogP contribution in [-0.2, 0) is 4.79 Å². The van der Waals surface area contributed by atoms with Gasteiger partial charge in [-0.15, -0.1) is 0 Å². The summed E-state index contributed by atoms with van der Waals surface area (Å²) >= 11 is 0. The molecule has 0 aliphatic carbocycles. The highest BCUT2D eigenvalue weighted by molar-refractivity contribution is 5.93. The van der Waals surface area contributed by atoms with Crippen molar-refractivity contribution in [2.75, 3.05) is 31.5 Å². The first-order chi connectivity index (χ1) is 14.1. The van der Waals surface area contributed by atoms with Gasteiger partial charge < -0.3 is 15.1 Å². The van der Waals surface area contributed by atoms with Crippen molar-refractivity contribution in [2.24, 2.45) is 5.92 Å². The molecule has 5 nitrogen and oxygen atoms in total. The monoisotopic (exact) mass is 395 g/mol. The Morgan fingerprint density at radius 2 is 1.62 bits per heavy atom. The molecule has 2 aromatic rings. The van der Waals surface area contributed by atoms with Crippen LogP contribution in [0.15, 0.2) is 48.5 Å². The van der Waals surface area contributed by atoms with Gasteiger partial charge in [0.25, 0.3) is 0 Å². The molecule has 0 bridgehead atoms. The van der Waals surface area contributed by atoms with Crippen molar-refractivity contribution in [3.05, 3.63) is 54.3 Å². The molecule has 2 heterocycles. The quantitative estimate of drug-likeness (QED) is 0.840. The van der Waals surface area contributed by atoms with E-state index in [2.05, 4.69) is 5.32 Å². The zero-order valence-electron chi connectivity index (χ0n) is 16.4. The van der Waals surface area contributed by atoms with E-state index in [1.165, 1.54) is 12.1 Å². The molecule has 152 valence electrons. The largest absolute Gasteiger partial charge is 0.326 e. The van der Waals surface area contributed by atoms with Gasteiger partial charge in [-0.05, 0) is 61.1 Å². The van der Waals surface area contributed by atoms with E-state index < -0.39 is 0 Å².